The lowest BCUT2D eigenvalue weighted by Crippen LogP contribution is -2.34. The molecule has 1 aliphatic rings. The Morgan fingerprint density at radius 3 is 2.17 bits per heavy atom. The Hall–Kier alpha value is -3.67. The summed E-state index contributed by atoms with van der Waals surface area (Å²) in [7, 11) is 0. The standard InChI is InChI=1S/C24H20FNO4/c25-16-6-5-7-17(14-16)26(13-12-23(27)28)24(29)30-15-22-20-10-3-1-8-18(20)19-9-2-4-11-21(19)22/h1-11,14,22H,12-13,15H2,(H,27,28). The van der Waals surface area contributed by atoms with Crippen LogP contribution in [0.25, 0.3) is 11.1 Å². The summed E-state index contributed by atoms with van der Waals surface area (Å²) in [4.78, 5) is 25.0. The Morgan fingerprint density at radius 2 is 1.57 bits per heavy atom. The molecule has 5 nitrogen and oxygen atoms in total. The highest BCUT2D eigenvalue weighted by atomic mass is 19.1. The number of carbonyl (C=O) groups excluding carboxylic acids is 1. The van der Waals surface area contributed by atoms with Gasteiger partial charge in [-0.2, -0.15) is 0 Å². The van der Waals surface area contributed by atoms with Gasteiger partial charge in [0.2, 0.25) is 0 Å². The van der Waals surface area contributed by atoms with Gasteiger partial charge in [0, 0.05) is 18.2 Å². The molecule has 1 aliphatic carbocycles. The Bertz CT molecular complexity index is 1050. The van der Waals surface area contributed by atoms with Crippen molar-refractivity contribution in [1.82, 2.24) is 0 Å². The second-order valence-corrected chi connectivity index (χ2v) is 7.08. The molecule has 0 radical (unpaired) electrons. The number of ether oxygens (including phenoxy) is 1. The van der Waals surface area contributed by atoms with Crippen LogP contribution in [0, 0.1) is 5.82 Å². The van der Waals surface area contributed by atoms with Crippen LogP contribution in [0.1, 0.15) is 23.5 Å². The first kappa shape index (κ1) is 19.6. The van der Waals surface area contributed by atoms with Crippen molar-refractivity contribution in [3.8, 4) is 11.1 Å². The SMILES string of the molecule is O=C(O)CCN(C(=O)OCC1c2ccccc2-c2ccccc21)c1cccc(F)c1. The molecule has 0 spiro atoms. The summed E-state index contributed by atoms with van der Waals surface area (Å²) in [6.45, 7) is -0.0127. The second-order valence-electron chi connectivity index (χ2n) is 7.08. The van der Waals surface area contributed by atoms with Gasteiger partial charge in [-0.05, 0) is 40.5 Å². The highest BCUT2D eigenvalue weighted by Gasteiger charge is 2.30. The van der Waals surface area contributed by atoms with Crippen molar-refractivity contribution in [2.45, 2.75) is 12.3 Å². The van der Waals surface area contributed by atoms with Crippen molar-refractivity contribution >= 4 is 17.7 Å². The number of carboxylic acids is 1. The molecular formula is C24H20FNO4. The lowest BCUT2D eigenvalue weighted by atomic mass is 9.98. The summed E-state index contributed by atoms with van der Waals surface area (Å²) in [5.41, 5.74) is 4.64. The van der Waals surface area contributed by atoms with Gasteiger partial charge in [0.05, 0.1) is 6.42 Å². The van der Waals surface area contributed by atoms with Crippen molar-refractivity contribution in [3.63, 3.8) is 0 Å². The number of carboxylic acid groups (broad SMARTS) is 1. The fourth-order valence-corrected chi connectivity index (χ4v) is 3.85. The van der Waals surface area contributed by atoms with Gasteiger partial charge in [0.15, 0.2) is 0 Å². The first-order valence-corrected chi connectivity index (χ1v) is 9.64. The van der Waals surface area contributed by atoms with Crippen molar-refractivity contribution in [2.24, 2.45) is 0 Å². The van der Waals surface area contributed by atoms with E-state index < -0.39 is 17.9 Å². The number of rotatable bonds is 6. The second kappa shape index (κ2) is 8.37. The van der Waals surface area contributed by atoms with E-state index in [0.29, 0.717) is 0 Å². The predicted octanol–water partition coefficient (Wildman–Crippen LogP) is 5.06. The van der Waals surface area contributed by atoms with E-state index in [4.69, 9.17) is 9.84 Å². The minimum absolute atomic E-state index is 0.103. The maximum atomic E-state index is 13.7. The third-order valence-corrected chi connectivity index (χ3v) is 5.23. The van der Waals surface area contributed by atoms with E-state index in [9.17, 15) is 14.0 Å². The summed E-state index contributed by atoms with van der Waals surface area (Å²) in [5, 5.41) is 9.01. The van der Waals surface area contributed by atoms with E-state index in [1.165, 1.54) is 18.2 Å². The molecule has 1 N–H and O–H groups in total. The maximum absolute atomic E-state index is 13.7. The van der Waals surface area contributed by atoms with Gasteiger partial charge in [0.1, 0.15) is 12.4 Å². The van der Waals surface area contributed by atoms with Gasteiger partial charge in [0.25, 0.3) is 0 Å². The summed E-state index contributed by atoms with van der Waals surface area (Å²) in [6.07, 6.45) is -0.982. The average molecular weight is 405 g/mol. The molecule has 0 heterocycles. The number of aliphatic carboxylic acids is 1. The minimum atomic E-state index is -1.05. The van der Waals surface area contributed by atoms with E-state index in [1.54, 1.807) is 6.07 Å². The Balaban J connectivity index is 1.55. The molecule has 6 heteroatoms. The number of amides is 1. The first-order valence-electron chi connectivity index (χ1n) is 9.64. The fourth-order valence-electron chi connectivity index (χ4n) is 3.85. The molecule has 3 aromatic carbocycles. The average Bonchev–Trinajstić information content (AvgIpc) is 3.06. The number of anilines is 1. The molecule has 3 aromatic rings. The molecule has 152 valence electrons. The molecule has 30 heavy (non-hydrogen) atoms. The molecule has 0 atom stereocenters. The van der Waals surface area contributed by atoms with Gasteiger partial charge < -0.3 is 9.84 Å². The van der Waals surface area contributed by atoms with E-state index in [2.05, 4.69) is 0 Å². The largest absolute Gasteiger partial charge is 0.481 e. The zero-order chi connectivity index (χ0) is 21.1. The molecule has 0 bridgehead atoms. The third kappa shape index (κ3) is 3.89. The molecule has 0 saturated carbocycles. The predicted molar refractivity (Wildman–Crippen MR) is 111 cm³/mol. The van der Waals surface area contributed by atoms with E-state index in [0.717, 1.165) is 27.2 Å². The molecule has 4 rings (SSSR count). The van der Waals surface area contributed by atoms with Crippen LogP contribution in [0.15, 0.2) is 72.8 Å². The number of benzene rings is 3. The Labute approximate surface area is 173 Å². The molecule has 0 saturated heterocycles. The zero-order valence-electron chi connectivity index (χ0n) is 16.1. The van der Waals surface area contributed by atoms with Crippen LogP contribution < -0.4 is 4.90 Å². The Morgan fingerprint density at radius 1 is 0.933 bits per heavy atom. The summed E-state index contributed by atoms with van der Waals surface area (Å²) < 4.78 is 19.3. The summed E-state index contributed by atoms with van der Waals surface area (Å²) in [5.74, 6) is -1.68. The van der Waals surface area contributed by atoms with Gasteiger partial charge in [-0.1, -0.05) is 54.6 Å². The number of hydrogen-bond acceptors (Lipinski definition) is 3. The van der Waals surface area contributed by atoms with Gasteiger partial charge >= 0.3 is 12.1 Å². The number of carbonyl (C=O) groups is 2. The normalized spacial score (nSPS) is 12.2. The first-order chi connectivity index (χ1) is 14.5. The van der Waals surface area contributed by atoms with E-state index >= 15 is 0 Å². The number of halogens is 1. The summed E-state index contributed by atoms with van der Waals surface area (Å²) in [6, 6.07) is 21.4. The van der Waals surface area contributed by atoms with Crippen molar-refractivity contribution in [1.29, 1.82) is 0 Å². The lowest BCUT2D eigenvalue weighted by molar-refractivity contribution is -0.136. The third-order valence-electron chi connectivity index (χ3n) is 5.23. The molecule has 0 aromatic heterocycles. The molecule has 0 unspecified atom stereocenters. The van der Waals surface area contributed by atoms with Crippen molar-refractivity contribution in [3.05, 3.63) is 89.7 Å². The molecule has 0 fully saturated rings. The minimum Gasteiger partial charge on any atom is -0.481 e. The van der Waals surface area contributed by atoms with Crippen LogP contribution in [-0.4, -0.2) is 30.3 Å². The van der Waals surface area contributed by atoms with Gasteiger partial charge in [-0.15, -0.1) is 0 Å². The van der Waals surface area contributed by atoms with E-state index in [-0.39, 0.29) is 31.2 Å². The smallest absolute Gasteiger partial charge is 0.414 e. The highest BCUT2D eigenvalue weighted by molar-refractivity contribution is 5.88. The zero-order valence-corrected chi connectivity index (χ0v) is 16.1. The lowest BCUT2D eigenvalue weighted by Gasteiger charge is -2.23. The van der Waals surface area contributed by atoms with Crippen LogP contribution in [0.2, 0.25) is 0 Å². The van der Waals surface area contributed by atoms with Crippen LogP contribution >= 0.6 is 0 Å². The monoisotopic (exact) mass is 405 g/mol. The summed E-state index contributed by atoms with van der Waals surface area (Å²) >= 11 is 0. The molecular weight excluding hydrogens is 385 g/mol. The quantitative estimate of drug-likeness (QED) is 0.623. The van der Waals surface area contributed by atoms with Crippen molar-refractivity contribution in [2.75, 3.05) is 18.1 Å². The fraction of sp³-hybridized carbons (Fsp3) is 0.167. The van der Waals surface area contributed by atoms with Crippen LogP contribution in [0.4, 0.5) is 14.9 Å². The topological polar surface area (TPSA) is 66.8 Å². The molecule has 1 amide bonds. The highest BCUT2D eigenvalue weighted by Crippen LogP contribution is 2.44. The number of nitrogens with zero attached hydrogens (tertiary/aromatic N) is 1. The van der Waals surface area contributed by atoms with Crippen LogP contribution in [-0.2, 0) is 9.53 Å². The van der Waals surface area contributed by atoms with Crippen LogP contribution in [0.3, 0.4) is 0 Å². The maximum Gasteiger partial charge on any atom is 0.414 e. The number of fused-ring (bicyclic) bond motifs is 3. The molecule has 0 aliphatic heterocycles. The van der Waals surface area contributed by atoms with Gasteiger partial charge in [-0.3, -0.25) is 9.69 Å². The van der Waals surface area contributed by atoms with E-state index in [1.807, 2.05) is 48.5 Å². The number of hydrogen-bond donors (Lipinski definition) is 1. The van der Waals surface area contributed by atoms with Crippen LogP contribution in [0.5, 0.6) is 0 Å². The van der Waals surface area contributed by atoms with Crippen molar-refractivity contribution < 1.29 is 23.8 Å². The van der Waals surface area contributed by atoms with Gasteiger partial charge in [-0.25, -0.2) is 9.18 Å². The Kier molecular flexibility index (Phi) is 5.48.